The zero-order chi connectivity index (χ0) is 18.2. The molecule has 4 nitrogen and oxygen atoms in total. The average Bonchev–Trinajstić information content (AvgIpc) is 3.35. The van der Waals surface area contributed by atoms with Gasteiger partial charge in [-0.15, -0.1) is 0 Å². The highest BCUT2D eigenvalue weighted by Gasteiger charge is 2.19. The first-order valence-electron chi connectivity index (χ1n) is 8.60. The zero-order valence-corrected chi connectivity index (χ0v) is 14.3. The normalized spacial score (nSPS) is 12.3. The molecule has 4 aromatic rings. The maximum absolute atomic E-state index is 14.5. The summed E-state index contributed by atoms with van der Waals surface area (Å²) >= 11 is 0. The molecule has 0 atom stereocenters. The Bertz CT molecular complexity index is 1120. The topological polar surface area (TPSA) is 36.3 Å². The van der Waals surface area contributed by atoms with Gasteiger partial charge in [0.1, 0.15) is 11.5 Å². The third kappa shape index (κ3) is 2.73. The van der Waals surface area contributed by atoms with Crippen molar-refractivity contribution in [2.45, 2.75) is 0 Å². The molecule has 0 radical (unpaired) electrons. The minimum absolute atomic E-state index is 0.209. The first kappa shape index (κ1) is 15.6. The molecular weight excluding hydrogens is 343 g/mol. The molecule has 0 unspecified atom stereocenters. The van der Waals surface area contributed by atoms with E-state index in [0.717, 1.165) is 22.5 Å². The molecule has 0 saturated heterocycles. The standard InChI is InChI=1S/C22H15FN2O2/c23-17-8-4-5-9-19(17)25-20(13-18(24-25)15-6-2-1-3-7-15)16-10-11-21-22(12-16)27-14-26-21/h1-13H,14H2. The first-order valence-corrected chi connectivity index (χ1v) is 8.60. The van der Waals surface area contributed by atoms with Gasteiger partial charge in [0.05, 0.1) is 11.4 Å². The molecule has 0 amide bonds. The van der Waals surface area contributed by atoms with Crippen LogP contribution in [0.25, 0.3) is 28.2 Å². The highest BCUT2D eigenvalue weighted by Crippen LogP contribution is 2.37. The smallest absolute Gasteiger partial charge is 0.231 e. The summed E-state index contributed by atoms with van der Waals surface area (Å²) in [5, 5.41) is 4.69. The number of benzene rings is 3. The van der Waals surface area contributed by atoms with Gasteiger partial charge >= 0.3 is 0 Å². The molecule has 3 aromatic carbocycles. The minimum Gasteiger partial charge on any atom is -0.454 e. The van der Waals surface area contributed by atoms with Crippen molar-refractivity contribution in [2.75, 3.05) is 6.79 Å². The molecule has 1 aliphatic heterocycles. The van der Waals surface area contributed by atoms with Crippen molar-refractivity contribution in [2.24, 2.45) is 0 Å². The Kier molecular flexibility index (Phi) is 3.64. The van der Waals surface area contributed by atoms with Crippen LogP contribution < -0.4 is 9.47 Å². The van der Waals surface area contributed by atoms with Gasteiger partial charge in [0.15, 0.2) is 11.5 Å². The lowest BCUT2D eigenvalue weighted by atomic mass is 10.1. The molecule has 0 fully saturated rings. The summed E-state index contributed by atoms with van der Waals surface area (Å²) in [5.41, 5.74) is 3.78. The van der Waals surface area contributed by atoms with Crippen LogP contribution in [-0.2, 0) is 0 Å². The number of ether oxygens (including phenoxy) is 2. The van der Waals surface area contributed by atoms with E-state index in [1.54, 1.807) is 22.9 Å². The molecule has 132 valence electrons. The Morgan fingerprint density at radius 1 is 0.778 bits per heavy atom. The number of hydrogen-bond donors (Lipinski definition) is 0. The molecule has 0 N–H and O–H groups in total. The summed E-state index contributed by atoms with van der Waals surface area (Å²) in [4.78, 5) is 0. The monoisotopic (exact) mass is 358 g/mol. The number of fused-ring (bicyclic) bond motifs is 1. The largest absolute Gasteiger partial charge is 0.454 e. The van der Waals surface area contributed by atoms with Crippen molar-refractivity contribution < 1.29 is 13.9 Å². The van der Waals surface area contributed by atoms with E-state index in [4.69, 9.17) is 9.47 Å². The Balaban J connectivity index is 1.71. The molecule has 0 aliphatic carbocycles. The molecule has 2 heterocycles. The lowest BCUT2D eigenvalue weighted by molar-refractivity contribution is 0.174. The molecule has 5 heteroatoms. The lowest BCUT2D eigenvalue weighted by Gasteiger charge is -2.09. The predicted octanol–water partition coefficient (Wildman–Crippen LogP) is 5.07. The van der Waals surface area contributed by atoms with Crippen molar-refractivity contribution in [1.82, 2.24) is 9.78 Å². The Morgan fingerprint density at radius 3 is 2.41 bits per heavy atom. The number of halogens is 1. The third-order valence-corrected chi connectivity index (χ3v) is 4.53. The lowest BCUT2D eigenvalue weighted by Crippen LogP contribution is -2.02. The van der Waals surface area contributed by atoms with Crippen LogP contribution in [0, 0.1) is 5.82 Å². The maximum atomic E-state index is 14.5. The second-order valence-electron chi connectivity index (χ2n) is 6.21. The Hall–Kier alpha value is -3.60. The number of nitrogens with zero attached hydrogens (tertiary/aromatic N) is 2. The van der Waals surface area contributed by atoms with Crippen LogP contribution in [0.2, 0.25) is 0 Å². The van der Waals surface area contributed by atoms with Gasteiger partial charge < -0.3 is 9.47 Å². The van der Waals surface area contributed by atoms with Crippen molar-refractivity contribution in [1.29, 1.82) is 0 Å². The summed E-state index contributed by atoms with van der Waals surface area (Å²) in [5.74, 6) is 1.05. The summed E-state index contributed by atoms with van der Waals surface area (Å²) in [6.45, 7) is 0.209. The quantitative estimate of drug-likeness (QED) is 0.513. The number of hydrogen-bond acceptors (Lipinski definition) is 3. The number of rotatable bonds is 3. The van der Waals surface area contributed by atoms with Gasteiger partial charge in [-0.05, 0) is 36.4 Å². The maximum Gasteiger partial charge on any atom is 0.231 e. The van der Waals surface area contributed by atoms with Crippen molar-refractivity contribution in [3.8, 4) is 39.7 Å². The van der Waals surface area contributed by atoms with Gasteiger partial charge in [-0.1, -0.05) is 42.5 Å². The van der Waals surface area contributed by atoms with Crippen LogP contribution in [0.15, 0.2) is 78.9 Å². The van der Waals surface area contributed by atoms with Crippen LogP contribution in [0.1, 0.15) is 0 Å². The van der Waals surface area contributed by atoms with Gasteiger partial charge in [-0.25, -0.2) is 9.07 Å². The van der Waals surface area contributed by atoms with E-state index in [9.17, 15) is 4.39 Å². The second kappa shape index (κ2) is 6.29. The van der Waals surface area contributed by atoms with E-state index < -0.39 is 0 Å². The van der Waals surface area contributed by atoms with Crippen LogP contribution in [0.3, 0.4) is 0 Å². The summed E-state index contributed by atoms with van der Waals surface area (Å²) in [7, 11) is 0. The van der Waals surface area contributed by atoms with E-state index in [0.29, 0.717) is 17.2 Å². The van der Waals surface area contributed by atoms with E-state index in [1.165, 1.54) is 6.07 Å². The SMILES string of the molecule is Fc1ccccc1-n1nc(-c2ccccc2)cc1-c1ccc2c(c1)OCO2. The highest BCUT2D eigenvalue weighted by atomic mass is 19.1. The Labute approximate surface area is 155 Å². The minimum atomic E-state index is -0.331. The molecule has 0 bridgehead atoms. The molecule has 27 heavy (non-hydrogen) atoms. The first-order chi connectivity index (χ1) is 13.3. The van der Waals surface area contributed by atoms with E-state index >= 15 is 0 Å². The van der Waals surface area contributed by atoms with Crippen LogP contribution in [-0.4, -0.2) is 16.6 Å². The molecule has 1 aromatic heterocycles. The van der Waals surface area contributed by atoms with E-state index in [2.05, 4.69) is 5.10 Å². The molecule has 0 saturated carbocycles. The van der Waals surface area contributed by atoms with Gasteiger partial charge in [-0.3, -0.25) is 0 Å². The van der Waals surface area contributed by atoms with E-state index in [-0.39, 0.29) is 12.6 Å². The van der Waals surface area contributed by atoms with Crippen molar-refractivity contribution in [3.05, 3.63) is 84.7 Å². The zero-order valence-electron chi connectivity index (χ0n) is 14.3. The van der Waals surface area contributed by atoms with E-state index in [1.807, 2.05) is 54.6 Å². The fraction of sp³-hybridized carbons (Fsp3) is 0.0455. The van der Waals surface area contributed by atoms with Crippen molar-refractivity contribution >= 4 is 0 Å². The predicted molar refractivity (Wildman–Crippen MR) is 101 cm³/mol. The summed E-state index contributed by atoms with van der Waals surface area (Å²) < 4.78 is 27.0. The Morgan fingerprint density at radius 2 is 1.56 bits per heavy atom. The molecule has 5 rings (SSSR count). The van der Waals surface area contributed by atoms with Crippen molar-refractivity contribution in [3.63, 3.8) is 0 Å². The average molecular weight is 358 g/mol. The van der Waals surface area contributed by atoms with Crippen LogP contribution >= 0.6 is 0 Å². The molecule has 0 spiro atoms. The van der Waals surface area contributed by atoms with Gasteiger partial charge in [-0.2, -0.15) is 5.10 Å². The van der Waals surface area contributed by atoms with Gasteiger partial charge in [0.2, 0.25) is 6.79 Å². The fourth-order valence-corrected chi connectivity index (χ4v) is 3.20. The van der Waals surface area contributed by atoms with Gasteiger partial charge in [0.25, 0.3) is 0 Å². The number of aromatic nitrogens is 2. The van der Waals surface area contributed by atoms with Crippen LogP contribution in [0.4, 0.5) is 4.39 Å². The number of para-hydroxylation sites is 1. The molecular formula is C22H15FN2O2. The fourth-order valence-electron chi connectivity index (χ4n) is 3.20. The van der Waals surface area contributed by atoms with Crippen LogP contribution in [0.5, 0.6) is 11.5 Å². The third-order valence-electron chi connectivity index (χ3n) is 4.53. The summed E-state index contributed by atoms with van der Waals surface area (Å²) in [6, 6.07) is 24.1. The second-order valence-corrected chi connectivity index (χ2v) is 6.21. The van der Waals surface area contributed by atoms with Gasteiger partial charge in [0, 0.05) is 11.1 Å². The highest BCUT2D eigenvalue weighted by molar-refractivity contribution is 5.72. The summed E-state index contributed by atoms with van der Waals surface area (Å²) in [6.07, 6.45) is 0. The molecule has 1 aliphatic rings.